The highest BCUT2D eigenvalue weighted by molar-refractivity contribution is 6.44. The van der Waals surface area contributed by atoms with Crippen LogP contribution in [-0.2, 0) is 8.85 Å². The van der Waals surface area contributed by atoms with Crippen molar-refractivity contribution in [2.75, 3.05) is 32.8 Å². The monoisotopic (exact) mass is 289 g/mol. The van der Waals surface area contributed by atoms with Crippen LogP contribution >= 0.6 is 0 Å². The maximum absolute atomic E-state index is 5.89. The Morgan fingerprint density at radius 3 is 1.68 bits per heavy atom. The van der Waals surface area contributed by atoms with Crippen LogP contribution in [0.4, 0.5) is 0 Å². The van der Waals surface area contributed by atoms with Crippen molar-refractivity contribution >= 4 is 9.28 Å². The van der Waals surface area contributed by atoms with E-state index in [4.69, 9.17) is 8.85 Å². The van der Waals surface area contributed by atoms with E-state index in [-0.39, 0.29) is 0 Å². The van der Waals surface area contributed by atoms with E-state index in [1.165, 1.54) is 38.9 Å². The number of rotatable bonds is 14. The van der Waals surface area contributed by atoms with Gasteiger partial charge in [0.1, 0.15) is 0 Å². The van der Waals surface area contributed by atoms with E-state index in [0.29, 0.717) is 0 Å². The van der Waals surface area contributed by atoms with Crippen LogP contribution in [0.3, 0.4) is 0 Å². The summed E-state index contributed by atoms with van der Waals surface area (Å²) >= 11 is 0. The van der Waals surface area contributed by atoms with Gasteiger partial charge in [0, 0.05) is 13.2 Å². The van der Waals surface area contributed by atoms with E-state index < -0.39 is 9.28 Å². The van der Waals surface area contributed by atoms with Gasteiger partial charge in [0.25, 0.3) is 0 Å². The zero-order valence-corrected chi connectivity index (χ0v) is 14.8. The highest BCUT2D eigenvalue weighted by Gasteiger charge is 2.13. The summed E-state index contributed by atoms with van der Waals surface area (Å²) in [5.74, 6) is 0. The summed E-state index contributed by atoms with van der Waals surface area (Å²) in [6.45, 7) is 14.2. The van der Waals surface area contributed by atoms with Crippen LogP contribution in [0.15, 0.2) is 0 Å². The van der Waals surface area contributed by atoms with E-state index in [1.807, 2.05) is 0 Å². The Morgan fingerprint density at radius 1 is 0.737 bits per heavy atom. The molecule has 0 spiro atoms. The Bertz CT molecular complexity index is 168. The summed E-state index contributed by atoms with van der Waals surface area (Å²) < 4.78 is 11.8. The van der Waals surface area contributed by atoms with Gasteiger partial charge in [0.15, 0.2) is 0 Å². The molecule has 0 aromatic carbocycles. The molecule has 4 heteroatoms. The molecular formula is C15H35NO2Si. The third-order valence-electron chi connectivity index (χ3n) is 3.01. The maximum atomic E-state index is 5.89. The summed E-state index contributed by atoms with van der Waals surface area (Å²) in [7, 11) is -1.39. The zero-order valence-electron chi connectivity index (χ0n) is 13.6. The van der Waals surface area contributed by atoms with Gasteiger partial charge in [-0.2, -0.15) is 0 Å². The normalized spacial score (nSPS) is 11.7. The topological polar surface area (TPSA) is 21.7 Å². The Balaban J connectivity index is 3.85. The van der Waals surface area contributed by atoms with Crippen molar-refractivity contribution in [3.8, 4) is 0 Å². The molecular weight excluding hydrogens is 254 g/mol. The fourth-order valence-electron chi connectivity index (χ4n) is 2.16. The molecule has 3 nitrogen and oxygen atoms in total. The molecule has 0 saturated carbocycles. The molecule has 0 aromatic heterocycles. The minimum Gasteiger partial charge on any atom is -0.397 e. The predicted octanol–water partition coefficient (Wildman–Crippen LogP) is 3.57. The van der Waals surface area contributed by atoms with Crippen LogP contribution in [0.2, 0.25) is 6.04 Å². The van der Waals surface area contributed by atoms with Crippen LogP contribution in [0, 0.1) is 0 Å². The van der Waals surface area contributed by atoms with Crippen LogP contribution in [0.25, 0.3) is 0 Å². The van der Waals surface area contributed by atoms with Gasteiger partial charge in [-0.1, -0.05) is 27.7 Å². The first-order valence-corrected chi connectivity index (χ1v) is 9.99. The fourth-order valence-corrected chi connectivity index (χ4v) is 4.11. The van der Waals surface area contributed by atoms with E-state index >= 15 is 0 Å². The molecule has 0 N–H and O–H groups in total. The Hall–Kier alpha value is 0.0969. The Labute approximate surface area is 122 Å². The van der Waals surface area contributed by atoms with Crippen molar-refractivity contribution in [1.29, 1.82) is 0 Å². The molecule has 0 amide bonds. The molecule has 0 aliphatic heterocycles. The second kappa shape index (κ2) is 14.5. The highest BCUT2D eigenvalue weighted by atomic mass is 28.3. The van der Waals surface area contributed by atoms with Crippen molar-refractivity contribution in [3.63, 3.8) is 0 Å². The summed E-state index contributed by atoms with van der Waals surface area (Å²) in [6, 6.07) is 1.16. The molecule has 0 aliphatic carbocycles. The minimum absolute atomic E-state index is 0.869. The van der Waals surface area contributed by atoms with Crippen molar-refractivity contribution in [2.45, 2.75) is 65.8 Å². The summed E-state index contributed by atoms with van der Waals surface area (Å²) in [5.41, 5.74) is 0. The maximum Gasteiger partial charge on any atom is 0.321 e. The minimum atomic E-state index is -1.39. The van der Waals surface area contributed by atoms with Gasteiger partial charge in [0.2, 0.25) is 0 Å². The molecule has 0 fully saturated rings. The lowest BCUT2D eigenvalue weighted by molar-refractivity contribution is 0.193. The molecule has 116 valence electrons. The average Bonchev–Trinajstić information content (AvgIpc) is 2.41. The zero-order chi connectivity index (χ0) is 14.3. The van der Waals surface area contributed by atoms with E-state index in [9.17, 15) is 0 Å². The Morgan fingerprint density at radius 2 is 1.26 bits per heavy atom. The SMILES string of the molecule is CCCO[SiH](CCCN(CCC)CCC)OCCC. The summed E-state index contributed by atoms with van der Waals surface area (Å²) in [5, 5.41) is 0. The molecule has 0 aromatic rings. The first-order valence-electron chi connectivity index (χ1n) is 8.23. The highest BCUT2D eigenvalue weighted by Crippen LogP contribution is 2.06. The molecule has 0 atom stereocenters. The van der Waals surface area contributed by atoms with Crippen LogP contribution in [-0.4, -0.2) is 47.0 Å². The number of nitrogens with zero attached hydrogens (tertiary/aromatic N) is 1. The average molecular weight is 290 g/mol. The lowest BCUT2D eigenvalue weighted by atomic mass is 10.3. The fraction of sp³-hybridized carbons (Fsp3) is 1.00. The van der Waals surface area contributed by atoms with Gasteiger partial charge in [-0.05, 0) is 57.8 Å². The summed E-state index contributed by atoms with van der Waals surface area (Å²) in [4.78, 5) is 2.57. The molecule has 0 aliphatic rings. The van der Waals surface area contributed by atoms with Gasteiger partial charge in [-0.25, -0.2) is 0 Å². The van der Waals surface area contributed by atoms with Gasteiger partial charge in [0.05, 0.1) is 0 Å². The van der Waals surface area contributed by atoms with Crippen LogP contribution in [0.1, 0.15) is 59.8 Å². The van der Waals surface area contributed by atoms with Crippen molar-refractivity contribution in [3.05, 3.63) is 0 Å². The predicted molar refractivity (Wildman–Crippen MR) is 86.1 cm³/mol. The molecule has 0 unspecified atom stereocenters. The smallest absolute Gasteiger partial charge is 0.321 e. The van der Waals surface area contributed by atoms with E-state index in [1.54, 1.807) is 0 Å². The molecule has 0 radical (unpaired) electrons. The van der Waals surface area contributed by atoms with Crippen molar-refractivity contribution in [1.82, 2.24) is 4.90 Å². The van der Waals surface area contributed by atoms with Gasteiger partial charge >= 0.3 is 9.28 Å². The lowest BCUT2D eigenvalue weighted by Crippen LogP contribution is -2.29. The van der Waals surface area contributed by atoms with Gasteiger partial charge in [-0.3, -0.25) is 0 Å². The Kier molecular flexibility index (Phi) is 14.6. The van der Waals surface area contributed by atoms with Crippen molar-refractivity contribution in [2.24, 2.45) is 0 Å². The third-order valence-corrected chi connectivity index (χ3v) is 5.10. The second-order valence-corrected chi connectivity index (χ2v) is 7.26. The van der Waals surface area contributed by atoms with Crippen LogP contribution < -0.4 is 0 Å². The molecule has 0 saturated heterocycles. The standard InChI is InChI=1S/C15H35NO2Si/c1-5-10-16(11-6-2)12-9-15-19(17-13-7-3)18-14-8-4/h19H,5-15H2,1-4H3. The van der Waals surface area contributed by atoms with Gasteiger partial charge in [-0.15, -0.1) is 0 Å². The van der Waals surface area contributed by atoms with E-state index in [2.05, 4.69) is 32.6 Å². The number of hydrogen-bond donors (Lipinski definition) is 0. The summed E-state index contributed by atoms with van der Waals surface area (Å²) in [6.07, 6.45) is 5.91. The quantitative estimate of drug-likeness (QED) is 0.456. The van der Waals surface area contributed by atoms with Crippen molar-refractivity contribution < 1.29 is 8.85 Å². The largest absolute Gasteiger partial charge is 0.397 e. The number of hydrogen-bond acceptors (Lipinski definition) is 3. The molecule has 0 heterocycles. The molecule has 0 rings (SSSR count). The first-order chi connectivity index (χ1) is 9.28. The molecule has 19 heavy (non-hydrogen) atoms. The van der Waals surface area contributed by atoms with Gasteiger partial charge < -0.3 is 13.8 Å². The first kappa shape index (κ1) is 19.1. The third kappa shape index (κ3) is 11.6. The van der Waals surface area contributed by atoms with Crippen LogP contribution in [0.5, 0.6) is 0 Å². The van der Waals surface area contributed by atoms with E-state index in [0.717, 1.165) is 32.1 Å². The molecule has 0 bridgehead atoms. The second-order valence-electron chi connectivity index (χ2n) is 5.16. The lowest BCUT2D eigenvalue weighted by Gasteiger charge is -2.22.